The van der Waals surface area contributed by atoms with E-state index in [0.29, 0.717) is 23.7 Å². The molecule has 1 aromatic rings. The van der Waals surface area contributed by atoms with Gasteiger partial charge in [0.25, 0.3) is 0 Å². The predicted octanol–water partition coefficient (Wildman–Crippen LogP) is 1.20. The number of hydrogen-bond acceptors (Lipinski definition) is 6. The fourth-order valence-corrected chi connectivity index (χ4v) is 4.12. The molecule has 0 radical (unpaired) electrons. The summed E-state index contributed by atoms with van der Waals surface area (Å²) in [5.41, 5.74) is 0.666. The first kappa shape index (κ1) is 21.4. The van der Waals surface area contributed by atoms with E-state index < -0.39 is 12.0 Å². The van der Waals surface area contributed by atoms with Gasteiger partial charge < -0.3 is 29.7 Å². The van der Waals surface area contributed by atoms with Gasteiger partial charge in [-0.1, -0.05) is 13.8 Å². The molecule has 168 valence electrons. The summed E-state index contributed by atoms with van der Waals surface area (Å²) >= 11 is 0. The fourth-order valence-electron chi connectivity index (χ4n) is 4.12. The number of ether oxygens (including phenoxy) is 3. The quantitative estimate of drug-likeness (QED) is 0.672. The Hall–Kier alpha value is -2.81. The first-order valence-corrected chi connectivity index (χ1v) is 10.8. The molecule has 2 fully saturated rings. The Kier molecular flexibility index (Phi) is 6.31. The SMILES string of the molecule is CC(C)[C@H](NC(=O)[C@@H]1CC(=O)N(c2ccc3c(c2)OCO3)C1)C(=O)NC[C@@H]1CCCO1. The van der Waals surface area contributed by atoms with Crippen LogP contribution in [-0.4, -0.2) is 56.4 Å². The number of anilines is 1. The lowest BCUT2D eigenvalue weighted by atomic mass is 10.0. The third kappa shape index (κ3) is 4.76. The molecule has 2 N–H and O–H groups in total. The maximum Gasteiger partial charge on any atom is 0.242 e. The zero-order chi connectivity index (χ0) is 22.0. The predicted molar refractivity (Wildman–Crippen MR) is 112 cm³/mol. The first-order chi connectivity index (χ1) is 14.9. The standard InChI is InChI=1S/C22H29N3O6/c1-13(2)20(22(28)23-10-16-4-3-7-29-16)24-21(27)14-8-19(26)25(11-14)15-5-6-17-18(9-15)31-12-30-17/h5-6,9,13-14,16,20H,3-4,7-8,10-12H2,1-2H3,(H,23,28)(H,24,27)/t14-,16+,20+/m1/s1. The van der Waals surface area contributed by atoms with Gasteiger partial charge in [0.15, 0.2) is 11.5 Å². The monoisotopic (exact) mass is 431 g/mol. The van der Waals surface area contributed by atoms with E-state index in [4.69, 9.17) is 14.2 Å². The van der Waals surface area contributed by atoms with Crippen molar-refractivity contribution in [2.45, 2.75) is 45.3 Å². The molecule has 2 saturated heterocycles. The number of nitrogens with zero attached hydrogens (tertiary/aromatic N) is 1. The van der Waals surface area contributed by atoms with E-state index >= 15 is 0 Å². The largest absolute Gasteiger partial charge is 0.454 e. The van der Waals surface area contributed by atoms with Gasteiger partial charge in [-0.25, -0.2) is 0 Å². The van der Waals surface area contributed by atoms with Crippen LogP contribution in [0.15, 0.2) is 18.2 Å². The van der Waals surface area contributed by atoms with Crippen molar-refractivity contribution in [3.05, 3.63) is 18.2 Å². The Morgan fingerprint density at radius 1 is 1.23 bits per heavy atom. The lowest BCUT2D eigenvalue weighted by Gasteiger charge is -2.24. The van der Waals surface area contributed by atoms with Crippen LogP contribution in [0.5, 0.6) is 11.5 Å². The Morgan fingerprint density at radius 2 is 2.03 bits per heavy atom. The van der Waals surface area contributed by atoms with Crippen molar-refractivity contribution in [2.24, 2.45) is 11.8 Å². The van der Waals surface area contributed by atoms with Crippen LogP contribution in [0.25, 0.3) is 0 Å². The summed E-state index contributed by atoms with van der Waals surface area (Å²) in [7, 11) is 0. The summed E-state index contributed by atoms with van der Waals surface area (Å²) in [6.45, 7) is 5.35. The second-order valence-electron chi connectivity index (χ2n) is 8.55. The number of fused-ring (bicyclic) bond motifs is 1. The average Bonchev–Trinajstić information content (AvgIpc) is 3.49. The number of benzene rings is 1. The lowest BCUT2D eigenvalue weighted by Crippen LogP contribution is -2.52. The van der Waals surface area contributed by atoms with Crippen molar-refractivity contribution in [1.82, 2.24) is 10.6 Å². The number of carbonyl (C=O) groups excluding carboxylic acids is 3. The summed E-state index contributed by atoms with van der Waals surface area (Å²) in [6, 6.07) is 4.62. The molecule has 3 aliphatic heterocycles. The molecule has 9 heteroatoms. The highest BCUT2D eigenvalue weighted by atomic mass is 16.7. The van der Waals surface area contributed by atoms with Crippen LogP contribution in [-0.2, 0) is 19.1 Å². The van der Waals surface area contributed by atoms with E-state index in [0.717, 1.165) is 19.4 Å². The molecule has 3 heterocycles. The number of amides is 3. The third-order valence-corrected chi connectivity index (χ3v) is 5.94. The second-order valence-corrected chi connectivity index (χ2v) is 8.55. The molecule has 3 atom stereocenters. The number of carbonyl (C=O) groups is 3. The van der Waals surface area contributed by atoms with Crippen molar-refractivity contribution >= 4 is 23.4 Å². The van der Waals surface area contributed by atoms with E-state index in [9.17, 15) is 14.4 Å². The number of rotatable bonds is 7. The van der Waals surface area contributed by atoms with E-state index in [2.05, 4.69) is 10.6 Å². The molecule has 0 aromatic heterocycles. The minimum absolute atomic E-state index is 0.0372. The molecule has 0 aliphatic carbocycles. The maximum absolute atomic E-state index is 12.9. The van der Waals surface area contributed by atoms with Gasteiger partial charge in [-0.15, -0.1) is 0 Å². The first-order valence-electron chi connectivity index (χ1n) is 10.8. The van der Waals surface area contributed by atoms with Gasteiger partial charge in [-0.05, 0) is 30.9 Å². The topological polar surface area (TPSA) is 106 Å². The van der Waals surface area contributed by atoms with E-state index in [1.165, 1.54) is 0 Å². The van der Waals surface area contributed by atoms with Crippen molar-refractivity contribution in [3.8, 4) is 11.5 Å². The van der Waals surface area contributed by atoms with Gasteiger partial charge in [0, 0.05) is 37.9 Å². The molecule has 4 rings (SSSR count). The minimum atomic E-state index is -0.663. The molecule has 31 heavy (non-hydrogen) atoms. The van der Waals surface area contributed by atoms with E-state index in [-0.39, 0.29) is 49.5 Å². The van der Waals surface area contributed by atoms with E-state index in [1.54, 1.807) is 23.1 Å². The van der Waals surface area contributed by atoms with Crippen LogP contribution < -0.4 is 25.0 Å². The van der Waals surface area contributed by atoms with Crippen molar-refractivity contribution in [2.75, 3.05) is 31.4 Å². The molecule has 3 amide bonds. The second kappa shape index (κ2) is 9.13. The normalized spacial score (nSPS) is 23.3. The fraction of sp³-hybridized carbons (Fsp3) is 0.591. The van der Waals surface area contributed by atoms with Gasteiger partial charge >= 0.3 is 0 Å². The highest BCUT2D eigenvalue weighted by Gasteiger charge is 2.37. The van der Waals surface area contributed by atoms with Crippen LogP contribution in [0.1, 0.15) is 33.1 Å². The smallest absolute Gasteiger partial charge is 0.242 e. The van der Waals surface area contributed by atoms with Crippen molar-refractivity contribution in [3.63, 3.8) is 0 Å². The van der Waals surface area contributed by atoms with Gasteiger partial charge in [-0.3, -0.25) is 14.4 Å². The summed E-state index contributed by atoms with van der Waals surface area (Å²) < 4.78 is 16.2. The van der Waals surface area contributed by atoms with Gasteiger partial charge in [0.1, 0.15) is 6.04 Å². The molecule has 9 nitrogen and oxygen atoms in total. The van der Waals surface area contributed by atoms with Gasteiger partial charge in [0.2, 0.25) is 24.5 Å². The van der Waals surface area contributed by atoms with Crippen LogP contribution in [0.3, 0.4) is 0 Å². The summed E-state index contributed by atoms with van der Waals surface area (Å²) in [4.78, 5) is 39.7. The molecule has 1 aromatic carbocycles. The minimum Gasteiger partial charge on any atom is -0.454 e. The zero-order valence-electron chi connectivity index (χ0n) is 17.9. The van der Waals surface area contributed by atoms with Gasteiger partial charge in [0.05, 0.1) is 12.0 Å². The molecule has 3 aliphatic rings. The third-order valence-electron chi connectivity index (χ3n) is 5.94. The summed E-state index contributed by atoms with van der Waals surface area (Å²) in [6.07, 6.45) is 2.07. The van der Waals surface area contributed by atoms with Crippen molar-refractivity contribution in [1.29, 1.82) is 0 Å². The lowest BCUT2D eigenvalue weighted by molar-refractivity contribution is -0.132. The number of hydrogen-bond donors (Lipinski definition) is 2. The Bertz CT molecular complexity index is 852. The Labute approximate surface area is 181 Å². The molecular formula is C22H29N3O6. The Balaban J connectivity index is 1.35. The maximum atomic E-state index is 12.9. The Morgan fingerprint density at radius 3 is 2.77 bits per heavy atom. The van der Waals surface area contributed by atoms with Crippen molar-refractivity contribution < 1.29 is 28.6 Å². The van der Waals surface area contributed by atoms with Crippen LogP contribution in [0.2, 0.25) is 0 Å². The van der Waals surface area contributed by atoms with Crippen LogP contribution in [0.4, 0.5) is 5.69 Å². The summed E-state index contributed by atoms with van der Waals surface area (Å²) in [5.74, 6) is -0.0403. The molecule has 0 spiro atoms. The van der Waals surface area contributed by atoms with E-state index in [1.807, 2.05) is 13.8 Å². The van der Waals surface area contributed by atoms with Gasteiger partial charge in [-0.2, -0.15) is 0 Å². The highest BCUT2D eigenvalue weighted by Crippen LogP contribution is 2.37. The highest BCUT2D eigenvalue weighted by molar-refractivity contribution is 6.01. The number of nitrogens with one attached hydrogen (secondary N) is 2. The average molecular weight is 431 g/mol. The molecule has 0 unspecified atom stereocenters. The molecule has 0 bridgehead atoms. The molecule has 0 saturated carbocycles. The summed E-state index contributed by atoms with van der Waals surface area (Å²) in [5, 5.41) is 5.74. The molecular weight excluding hydrogens is 402 g/mol. The van der Waals surface area contributed by atoms with Crippen LogP contribution in [0, 0.1) is 11.8 Å². The zero-order valence-corrected chi connectivity index (χ0v) is 17.9. The van der Waals surface area contributed by atoms with Crippen LogP contribution >= 0.6 is 0 Å².